The topological polar surface area (TPSA) is 30.8 Å². The van der Waals surface area contributed by atoms with Gasteiger partial charge in [0.25, 0.3) is 0 Å². The van der Waals surface area contributed by atoms with Gasteiger partial charge in [-0.3, -0.25) is 4.99 Å². The van der Waals surface area contributed by atoms with Crippen LogP contribution < -0.4 is 9.47 Å². The van der Waals surface area contributed by atoms with Gasteiger partial charge in [0.1, 0.15) is 23.9 Å². The Morgan fingerprint density at radius 2 is 1.62 bits per heavy atom. The predicted molar refractivity (Wildman–Crippen MR) is 115 cm³/mol. The van der Waals surface area contributed by atoms with E-state index in [1.54, 1.807) is 31.5 Å². The van der Waals surface area contributed by atoms with E-state index < -0.39 is 0 Å². The van der Waals surface area contributed by atoms with Crippen LogP contribution >= 0.6 is 0 Å². The summed E-state index contributed by atoms with van der Waals surface area (Å²) in [5.74, 6) is 1.16. The highest BCUT2D eigenvalue weighted by molar-refractivity contribution is 6.03. The van der Waals surface area contributed by atoms with Crippen molar-refractivity contribution >= 4 is 22.7 Å². The number of nitrogens with zero attached hydrogens (tertiary/aromatic N) is 1. The fourth-order valence-corrected chi connectivity index (χ4v) is 3.11. The average molecular weight is 385 g/mol. The highest BCUT2D eigenvalue weighted by Crippen LogP contribution is 2.28. The molecule has 0 radical (unpaired) electrons. The van der Waals surface area contributed by atoms with Gasteiger partial charge >= 0.3 is 0 Å². The molecule has 0 aliphatic carbocycles. The van der Waals surface area contributed by atoms with Crippen molar-refractivity contribution in [2.45, 2.75) is 6.61 Å². The SMILES string of the molecule is COc1ccc(N=Cc2c(OCc3ccccc3F)ccc3ccccc23)cc1. The van der Waals surface area contributed by atoms with Crippen LogP contribution in [0.2, 0.25) is 0 Å². The molecule has 144 valence electrons. The van der Waals surface area contributed by atoms with Gasteiger partial charge in [-0.15, -0.1) is 0 Å². The second kappa shape index (κ2) is 8.57. The Morgan fingerprint density at radius 1 is 0.862 bits per heavy atom. The van der Waals surface area contributed by atoms with Crippen molar-refractivity contribution in [3.63, 3.8) is 0 Å². The van der Waals surface area contributed by atoms with Crippen LogP contribution in [-0.4, -0.2) is 13.3 Å². The van der Waals surface area contributed by atoms with Crippen molar-refractivity contribution in [2.75, 3.05) is 7.11 Å². The van der Waals surface area contributed by atoms with E-state index in [1.807, 2.05) is 60.7 Å². The molecule has 0 amide bonds. The van der Waals surface area contributed by atoms with Crippen molar-refractivity contribution in [2.24, 2.45) is 4.99 Å². The summed E-state index contributed by atoms with van der Waals surface area (Å²) in [5.41, 5.74) is 2.17. The molecular weight excluding hydrogens is 365 g/mol. The van der Waals surface area contributed by atoms with E-state index in [-0.39, 0.29) is 12.4 Å². The van der Waals surface area contributed by atoms with Gasteiger partial charge < -0.3 is 9.47 Å². The fraction of sp³-hybridized carbons (Fsp3) is 0.0800. The first-order chi connectivity index (χ1) is 14.2. The minimum atomic E-state index is -0.276. The number of hydrogen-bond donors (Lipinski definition) is 0. The molecule has 4 aromatic carbocycles. The fourth-order valence-electron chi connectivity index (χ4n) is 3.11. The minimum absolute atomic E-state index is 0.147. The second-order valence-electron chi connectivity index (χ2n) is 6.53. The Morgan fingerprint density at radius 3 is 2.41 bits per heavy atom. The number of hydrogen-bond acceptors (Lipinski definition) is 3. The number of fused-ring (bicyclic) bond motifs is 1. The van der Waals surface area contributed by atoms with Crippen molar-refractivity contribution < 1.29 is 13.9 Å². The molecule has 0 N–H and O–H groups in total. The van der Waals surface area contributed by atoms with E-state index in [4.69, 9.17) is 9.47 Å². The largest absolute Gasteiger partial charge is 0.497 e. The molecule has 0 saturated heterocycles. The molecular formula is C25H20FNO2. The number of halogens is 1. The minimum Gasteiger partial charge on any atom is -0.497 e. The van der Waals surface area contributed by atoms with Gasteiger partial charge in [0.15, 0.2) is 0 Å². The summed E-state index contributed by atoms with van der Waals surface area (Å²) in [6, 6.07) is 26.1. The maximum absolute atomic E-state index is 14.0. The molecule has 4 heteroatoms. The van der Waals surface area contributed by atoms with Gasteiger partial charge in [-0.1, -0.05) is 48.5 Å². The van der Waals surface area contributed by atoms with Crippen molar-refractivity contribution in [1.29, 1.82) is 0 Å². The standard InChI is InChI=1S/C25H20FNO2/c1-28-21-13-11-20(12-14-21)27-16-23-22-8-4-2-6-18(22)10-15-25(23)29-17-19-7-3-5-9-24(19)26/h2-16H,17H2,1H3. The zero-order chi connectivity index (χ0) is 20.1. The zero-order valence-electron chi connectivity index (χ0n) is 16.0. The molecule has 0 unspecified atom stereocenters. The lowest BCUT2D eigenvalue weighted by Crippen LogP contribution is -2.01. The molecule has 0 heterocycles. The first-order valence-electron chi connectivity index (χ1n) is 9.30. The molecule has 3 nitrogen and oxygen atoms in total. The van der Waals surface area contributed by atoms with E-state index in [1.165, 1.54) is 6.07 Å². The Labute approximate surface area is 169 Å². The molecule has 0 aliphatic rings. The van der Waals surface area contributed by atoms with Gasteiger partial charge in [0, 0.05) is 17.3 Å². The van der Waals surface area contributed by atoms with E-state index in [0.29, 0.717) is 11.3 Å². The van der Waals surface area contributed by atoms with E-state index in [0.717, 1.165) is 27.8 Å². The highest BCUT2D eigenvalue weighted by atomic mass is 19.1. The van der Waals surface area contributed by atoms with Crippen LogP contribution in [0.3, 0.4) is 0 Å². The Hall–Kier alpha value is -3.66. The number of benzene rings is 4. The Kier molecular flexibility index (Phi) is 5.52. The summed E-state index contributed by atoms with van der Waals surface area (Å²) in [6.07, 6.45) is 1.79. The van der Waals surface area contributed by atoms with Crippen LogP contribution in [0.15, 0.2) is 89.9 Å². The van der Waals surface area contributed by atoms with Gasteiger partial charge in [0.05, 0.1) is 12.8 Å². The van der Waals surface area contributed by atoms with Gasteiger partial charge in [-0.05, 0) is 47.2 Å². The third-order valence-electron chi connectivity index (χ3n) is 4.69. The quantitative estimate of drug-likeness (QED) is 0.364. The smallest absolute Gasteiger partial charge is 0.129 e. The predicted octanol–water partition coefficient (Wildman–Crippen LogP) is 6.32. The lowest BCUT2D eigenvalue weighted by atomic mass is 10.0. The molecule has 0 spiro atoms. The normalized spacial score (nSPS) is 11.1. The van der Waals surface area contributed by atoms with E-state index >= 15 is 0 Å². The Balaban J connectivity index is 1.68. The van der Waals surface area contributed by atoms with E-state index in [2.05, 4.69) is 4.99 Å². The highest BCUT2D eigenvalue weighted by Gasteiger charge is 2.09. The number of rotatable bonds is 6. The van der Waals surface area contributed by atoms with Crippen LogP contribution in [0.5, 0.6) is 11.5 Å². The number of methoxy groups -OCH3 is 1. The maximum Gasteiger partial charge on any atom is 0.129 e. The van der Waals surface area contributed by atoms with Crippen molar-refractivity contribution in [1.82, 2.24) is 0 Å². The third-order valence-corrected chi connectivity index (χ3v) is 4.69. The number of ether oxygens (including phenoxy) is 2. The van der Waals surface area contributed by atoms with Crippen LogP contribution in [-0.2, 0) is 6.61 Å². The molecule has 29 heavy (non-hydrogen) atoms. The van der Waals surface area contributed by atoms with E-state index in [9.17, 15) is 4.39 Å². The second-order valence-corrected chi connectivity index (χ2v) is 6.53. The third kappa shape index (κ3) is 4.27. The monoisotopic (exact) mass is 385 g/mol. The summed E-state index contributed by atoms with van der Waals surface area (Å²) < 4.78 is 25.1. The zero-order valence-corrected chi connectivity index (χ0v) is 16.0. The molecule has 0 fully saturated rings. The summed E-state index contributed by atoms with van der Waals surface area (Å²) in [7, 11) is 1.63. The summed E-state index contributed by atoms with van der Waals surface area (Å²) in [4.78, 5) is 4.60. The lowest BCUT2D eigenvalue weighted by molar-refractivity contribution is 0.300. The molecule has 0 aliphatic heterocycles. The van der Waals surface area contributed by atoms with Crippen LogP contribution in [0.25, 0.3) is 10.8 Å². The number of aliphatic imine (C=N–C) groups is 1. The van der Waals surface area contributed by atoms with Gasteiger partial charge in [0.2, 0.25) is 0 Å². The first-order valence-corrected chi connectivity index (χ1v) is 9.30. The molecule has 0 aromatic heterocycles. The van der Waals surface area contributed by atoms with Gasteiger partial charge in [-0.2, -0.15) is 0 Å². The molecule has 0 bridgehead atoms. The average Bonchev–Trinajstić information content (AvgIpc) is 2.77. The molecule has 4 aromatic rings. The molecule has 0 atom stereocenters. The van der Waals surface area contributed by atoms with Gasteiger partial charge in [-0.25, -0.2) is 4.39 Å². The van der Waals surface area contributed by atoms with Crippen LogP contribution in [0, 0.1) is 5.82 Å². The summed E-state index contributed by atoms with van der Waals surface area (Å²) >= 11 is 0. The lowest BCUT2D eigenvalue weighted by Gasteiger charge is -2.12. The summed E-state index contributed by atoms with van der Waals surface area (Å²) in [5, 5.41) is 2.11. The molecule has 0 saturated carbocycles. The summed E-state index contributed by atoms with van der Waals surface area (Å²) in [6.45, 7) is 0.147. The maximum atomic E-state index is 14.0. The Bertz CT molecular complexity index is 1150. The van der Waals surface area contributed by atoms with Crippen LogP contribution in [0.1, 0.15) is 11.1 Å². The first kappa shape index (κ1) is 18.7. The molecule has 4 rings (SSSR count). The van der Waals surface area contributed by atoms with Crippen molar-refractivity contribution in [3.05, 3.63) is 102 Å². The van der Waals surface area contributed by atoms with Crippen LogP contribution in [0.4, 0.5) is 10.1 Å². The van der Waals surface area contributed by atoms with Crippen molar-refractivity contribution in [3.8, 4) is 11.5 Å².